The van der Waals surface area contributed by atoms with Crippen molar-refractivity contribution in [3.63, 3.8) is 0 Å². The highest BCUT2D eigenvalue weighted by molar-refractivity contribution is 4.89. The second-order valence-electron chi connectivity index (χ2n) is 3.55. The Morgan fingerprint density at radius 1 is 1.58 bits per heavy atom. The van der Waals surface area contributed by atoms with Crippen molar-refractivity contribution >= 4 is 0 Å². The van der Waals surface area contributed by atoms with Crippen LogP contribution >= 0.6 is 0 Å². The van der Waals surface area contributed by atoms with E-state index in [0.29, 0.717) is 0 Å². The third-order valence-electron chi connectivity index (χ3n) is 2.54. The van der Waals surface area contributed by atoms with Crippen LogP contribution in [0.5, 0.6) is 0 Å². The quantitative estimate of drug-likeness (QED) is 0.577. The van der Waals surface area contributed by atoms with Gasteiger partial charge in [0.05, 0.1) is 12.2 Å². The van der Waals surface area contributed by atoms with Gasteiger partial charge in [0.1, 0.15) is 6.10 Å². The molecular weight excluding hydrogens is 160 g/mol. The molecule has 0 spiro atoms. The van der Waals surface area contributed by atoms with Crippen LogP contribution in [0.3, 0.4) is 0 Å². The van der Waals surface area contributed by atoms with Gasteiger partial charge in [-0.1, -0.05) is 6.92 Å². The fourth-order valence-electron chi connectivity index (χ4n) is 1.29. The number of hydrogen-bond donors (Lipinski definition) is 2. The number of ether oxygens (including phenoxy) is 2. The van der Waals surface area contributed by atoms with Gasteiger partial charge in [0.2, 0.25) is 0 Å². The maximum atomic E-state index is 9.69. The molecule has 0 radical (unpaired) electrons. The average Bonchev–Trinajstić information content (AvgIpc) is 2.01. The molecule has 0 aromatic carbocycles. The van der Waals surface area contributed by atoms with Gasteiger partial charge < -0.3 is 19.7 Å². The molecule has 2 unspecified atom stereocenters. The number of aliphatic hydroxyl groups excluding tert-OH is 1. The third-order valence-corrected chi connectivity index (χ3v) is 2.54. The van der Waals surface area contributed by atoms with Crippen LogP contribution in [-0.2, 0) is 9.47 Å². The number of rotatable bonds is 1. The molecule has 0 saturated carbocycles. The molecule has 4 heteroatoms. The van der Waals surface area contributed by atoms with Crippen molar-refractivity contribution in [2.45, 2.75) is 31.8 Å². The molecule has 2 N–H and O–H groups in total. The molecule has 1 fully saturated rings. The van der Waals surface area contributed by atoms with Gasteiger partial charge in [-0.15, -0.1) is 0 Å². The van der Waals surface area contributed by atoms with E-state index < -0.39 is 18.0 Å². The lowest BCUT2D eigenvalue weighted by molar-refractivity contribution is -0.269. The molecule has 0 amide bonds. The van der Waals surface area contributed by atoms with Crippen LogP contribution in [-0.4, -0.2) is 41.9 Å². The van der Waals surface area contributed by atoms with E-state index in [-0.39, 0.29) is 12.5 Å². The monoisotopic (exact) mass is 176 g/mol. The smallest absolute Gasteiger partial charge is 0.183 e. The lowest BCUT2D eigenvalue weighted by atomic mass is 9.84. The van der Waals surface area contributed by atoms with Crippen LogP contribution in [0.15, 0.2) is 0 Å². The molecule has 0 aliphatic carbocycles. The van der Waals surface area contributed by atoms with Gasteiger partial charge in [-0.05, 0) is 6.92 Å². The first-order valence-electron chi connectivity index (χ1n) is 4.04. The SMILES string of the molecule is COC1OCC(C)(O)[C@@H](C)[C@H]1O. The first kappa shape index (κ1) is 9.92. The lowest BCUT2D eigenvalue weighted by Crippen LogP contribution is -2.55. The predicted molar refractivity (Wildman–Crippen MR) is 42.5 cm³/mol. The Balaban J connectivity index is 2.65. The number of hydrogen-bond acceptors (Lipinski definition) is 4. The summed E-state index contributed by atoms with van der Waals surface area (Å²) in [6, 6.07) is 0. The Morgan fingerprint density at radius 3 is 2.67 bits per heavy atom. The first-order chi connectivity index (χ1) is 5.49. The van der Waals surface area contributed by atoms with E-state index in [1.807, 2.05) is 0 Å². The van der Waals surface area contributed by atoms with Crippen LogP contribution in [0.25, 0.3) is 0 Å². The van der Waals surface area contributed by atoms with Crippen molar-refractivity contribution in [3.8, 4) is 0 Å². The topological polar surface area (TPSA) is 58.9 Å². The van der Waals surface area contributed by atoms with Gasteiger partial charge in [-0.3, -0.25) is 0 Å². The molecule has 1 heterocycles. The summed E-state index contributed by atoms with van der Waals surface area (Å²) in [6.45, 7) is 3.62. The molecule has 4 atom stereocenters. The fourth-order valence-corrected chi connectivity index (χ4v) is 1.29. The second-order valence-corrected chi connectivity index (χ2v) is 3.55. The van der Waals surface area contributed by atoms with Crippen LogP contribution in [0.4, 0.5) is 0 Å². The van der Waals surface area contributed by atoms with E-state index in [9.17, 15) is 10.2 Å². The zero-order valence-electron chi connectivity index (χ0n) is 7.65. The fraction of sp³-hybridized carbons (Fsp3) is 1.00. The highest BCUT2D eigenvalue weighted by atomic mass is 16.7. The molecule has 1 rings (SSSR count). The summed E-state index contributed by atoms with van der Waals surface area (Å²) in [4.78, 5) is 0. The van der Waals surface area contributed by atoms with Crippen molar-refractivity contribution < 1.29 is 19.7 Å². The number of methoxy groups -OCH3 is 1. The summed E-state index contributed by atoms with van der Waals surface area (Å²) < 4.78 is 9.99. The van der Waals surface area contributed by atoms with E-state index in [1.165, 1.54) is 7.11 Å². The zero-order chi connectivity index (χ0) is 9.35. The highest BCUT2D eigenvalue weighted by Crippen LogP contribution is 2.29. The minimum Gasteiger partial charge on any atom is -0.387 e. The standard InChI is InChI=1S/C8H16O4/c1-5-6(9)7(11-3)12-4-8(5,2)10/h5-7,9-10H,4H2,1-3H3/t5-,6+,7?,8?/m0/s1. The Kier molecular flexibility index (Phi) is 2.73. The third kappa shape index (κ3) is 1.61. The lowest BCUT2D eigenvalue weighted by Gasteiger charge is -2.41. The largest absolute Gasteiger partial charge is 0.387 e. The summed E-state index contributed by atoms with van der Waals surface area (Å²) in [5, 5.41) is 19.2. The van der Waals surface area contributed by atoms with Gasteiger partial charge in [-0.2, -0.15) is 0 Å². The summed E-state index contributed by atoms with van der Waals surface area (Å²) in [5.41, 5.74) is -0.964. The molecule has 4 nitrogen and oxygen atoms in total. The first-order valence-corrected chi connectivity index (χ1v) is 4.04. The second kappa shape index (κ2) is 3.30. The zero-order valence-corrected chi connectivity index (χ0v) is 7.65. The maximum Gasteiger partial charge on any atom is 0.183 e. The molecule has 0 aromatic rings. The van der Waals surface area contributed by atoms with E-state index in [4.69, 9.17) is 9.47 Å². The van der Waals surface area contributed by atoms with E-state index in [2.05, 4.69) is 0 Å². The molecule has 1 saturated heterocycles. The molecule has 0 bridgehead atoms. The van der Waals surface area contributed by atoms with Gasteiger partial charge in [0.15, 0.2) is 6.29 Å². The van der Waals surface area contributed by atoms with Crippen molar-refractivity contribution in [1.82, 2.24) is 0 Å². The Labute approximate surface area is 72.1 Å². The van der Waals surface area contributed by atoms with E-state index in [0.717, 1.165) is 0 Å². The maximum absolute atomic E-state index is 9.69. The molecule has 0 aromatic heterocycles. The molecule has 72 valence electrons. The van der Waals surface area contributed by atoms with Gasteiger partial charge in [0.25, 0.3) is 0 Å². The summed E-state index contributed by atoms with van der Waals surface area (Å²) in [6.07, 6.45) is -1.38. The van der Waals surface area contributed by atoms with Crippen LogP contribution < -0.4 is 0 Å². The summed E-state index contributed by atoms with van der Waals surface area (Å²) in [5.74, 6) is -0.240. The van der Waals surface area contributed by atoms with Gasteiger partial charge in [0, 0.05) is 13.0 Å². The van der Waals surface area contributed by atoms with Crippen molar-refractivity contribution in [2.75, 3.05) is 13.7 Å². The van der Waals surface area contributed by atoms with Crippen molar-refractivity contribution in [2.24, 2.45) is 5.92 Å². The van der Waals surface area contributed by atoms with Gasteiger partial charge >= 0.3 is 0 Å². The van der Waals surface area contributed by atoms with Crippen LogP contribution in [0, 0.1) is 5.92 Å². The molecule has 1 aliphatic rings. The average molecular weight is 176 g/mol. The molecular formula is C8H16O4. The van der Waals surface area contributed by atoms with Crippen LogP contribution in [0.2, 0.25) is 0 Å². The number of aliphatic hydroxyl groups is 2. The summed E-state index contributed by atoms with van der Waals surface area (Å²) >= 11 is 0. The Morgan fingerprint density at radius 2 is 2.17 bits per heavy atom. The Hall–Kier alpha value is -0.160. The highest BCUT2D eigenvalue weighted by Gasteiger charge is 2.43. The minimum atomic E-state index is -0.964. The minimum absolute atomic E-state index is 0.198. The summed E-state index contributed by atoms with van der Waals surface area (Å²) in [7, 11) is 1.47. The molecule has 12 heavy (non-hydrogen) atoms. The molecule has 1 aliphatic heterocycles. The Bertz CT molecular complexity index is 157. The van der Waals surface area contributed by atoms with E-state index >= 15 is 0 Å². The predicted octanol–water partition coefficient (Wildman–Crippen LogP) is -0.263. The van der Waals surface area contributed by atoms with E-state index in [1.54, 1.807) is 13.8 Å². The van der Waals surface area contributed by atoms with Crippen LogP contribution in [0.1, 0.15) is 13.8 Å². The normalized spacial score (nSPS) is 49.2. The van der Waals surface area contributed by atoms with Crippen molar-refractivity contribution in [1.29, 1.82) is 0 Å². The van der Waals surface area contributed by atoms with Gasteiger partial charge in [-0.25, -0.2) is 0 Å². The van der Waals surface area contributed by atoms with Crippen molar-refractivity contribution in [3.05, 3.63) is 0 Å².